The lowest BCUT2D eigenvalue weighted by molar-refractivity contribution is -0.140. The van der Waals surface area contributed by atoms with E-state index in [0.29, 0.717) is 23.7 Å². The molecule has 0 aliphatic carbocycles. The number of methoxy groups -OCH3 is 1. The van der Waals surface area contributed by atoms with Crippen LogP contribution in [0.5, 0.6) is 5.75 Å². The molecule has 0 spiro atoms. The summed E-state index contributed by atoms with van der Waals surface area (Å²) in [6.07, 6.45) is 0.318. The summed E-state index contributed by atoms with van der Waals surface area (Å²) in [7, 11) is -2.68. The van der Waals surface area contributed by atoms with Crippen LogP contribution in [0.15, 0.2) is 77.7 Å². The third-order valence-electron chi connectivity index (χ3n) is 6.37. The molecular weight excluding hydrogens is 585 g/mol. The summed E-state index contributed by atoms with van der Waals surface area (Å²) < 4.78 is 34.0. The predicted octanol–water partition coefficient (Wildman–Crippen LogP) is 5.78. The summed E-state index contributed by atoms with van der Waals surface area (Å²) in [6, 6.07) is 18.4. The summed E-state index contributed by atoms with van der Waals surface area (Å²) in [4.78, 5) is 28.8. The molecule has 0 saturated carbocycles. The molecule has 11 heteroatoms. The van der Waals surface area contributed by atoms with Gasteiger partial charge in [0.15, 0.2) is 0 Å². The summed E-state index contributed by atoms with van der Waals surface area (Å²) in [5, 5.41) is 3.29. The Morgan fingerprint density at radius 3 is 2.20 bits per heavy atom. The van der Waals surface area contributed by atoms with Crippen molar-refractivity contribution < 1.29 is 22.7 Å². The quantitative estimate of drug-likeness (QED) is 0.262. The zero-order valence-electron chi connectivity index (χ0n) is 23.5. The van der Waals surface area contributed by atoms with Gasteiger partial charge in [0.25, 0.3) is 10.0 Å². The molecule has 1 atom stereocenters. The highest BCUT2D eigenvalue weighted by atomic mass is 35.5. The second-order valence-electron chi connectivity index (χ2n) is 9.85. The van der Waals surface area contributed by atoms with E-state index in [2.05, 4.69) is 5.32 Å². The standard InChI is InChI=1S/C30H35Cl2N3O5S/c1-5-27(30(37)33-18-21(2)3)34(19-22-11-14-24(40-4)15-12-22)29(36)20-35(28-16-13-23(31)17-26(28)32)41(38,39)25-9-7-6-8-10-25/h6-17,21,27H,5,18-20H2,1-4H3,(H,33,37). The molecule has 0 aliphatic heterocycles. The second-order valence-corrected chi connectivity index (χ2v) is 12.6. The third kappa shape index (κ3) is 8.38. The molecule has 3 aromatic carbocycles. The highest BCUT2D eigenvalue weighted by molar-refractivity contribution is 7.92. The minimum atomic E-state index is -4.23. The van der Waals surface area contributed by atoms with E-state index < -0.39 is 28.5 Å². The number of nitrogens with zero attached hydrogens (tertiary/aromatic N) is 2. The molecule has 1 unspecified atom stereocenters. The van der Waals surface area contributed by atoms with Crippen LogP contribution < -0.4 is 14.4 Å². The van der Waals surface area contributed by atoms with Crippen molar-refractivity contribution in [1.82, 2.24) is 10.2 Å². The largest absolute Gasteiger partial charge is 0.497 e. The molecule has 8 nitrogen and oxygen atoms in total. The average Bonchev–Trinajstić information content (AvgIpc) is 2.95. The lowest BCUT2D eigenvalue weighted by Gasteiger charge is -2.33. The van der Waals surface area contributed by atoms with Gasteiger partial charge in [-0.3, -0.25) is 13.9 Å². The number of amides is 2. The molecule has 0 bridgehead atoms. The molecule has 41 heavy (non-hydrogen) atoms. The first-order chi connectivity index (χ1) is 19.5. The van der Waals surface area contributed by atoms with Gasteiger partial charge in [-0.05, 0) is 60.4 Å². The van der Waals surface area contributed by atoms with E-state index in [1.165, 1.54) is 35.2 Å². The first-order valence-corrected chi connectivity index (χ1v) is 15.4. The number of rotatable bonds is 13. The fourth-order valence-electron chi connectivity index (χ4n) is 4.19. The molecular formula is C30H35Cl2N3O5S. The lowest BCUT2D eigenvalue weighted by Crippen LogP contribution is -2.52. The number of halogens is 2. The van der Waals surface area contributed by atoms with Gasteiger partial charge in [-0.1, -0.05) is 74.3 Å². The Kier molecular flexibility index (Phi) is 11.5. The van der Waals surface area contributed by atoms with Crippen molar-refractivity contribution in [3.63, 3.8) is 0 Å². The molecule has 0 aromatic heterocycles. The molecule has 1 N–H and O–H groups in total. The zero-order valence-corrected chi connectivity index (χ0v) is 25.8. The van der Waals surface area contributed by atoms with Crippen molar-refractivity contribution in [3.05, 3.63) is 88.4 Å². The SMILES string of the molecule is CCC(C(=O)NCC(C)C)N(Cc1ccc(OC)cc1)C(=O)CN(c1ccc(Cl)cc1Cl)S(=O)(=O)c1ccccc1. The van der Waals surface area contributed by atoms with Crippen LogP contribution in [0.25, 0.3) is 0 Å². The first-order valence-electron chi connectivity index (χ1n) is 13.2. The van der Waals surface area contributed by atoms with Crippen molar-refractivity contribution >= 4 is 50.7 Å². The van der Waals surface area contributed by atoms with Gasteiger partial charge in [-0.15, -0.1) is 0 Å². The number of carbonyl (C=O) groups excluding carboxylic acids is 2. The fourth-order valence-corrected chi connectivity index (χ4v) is 6.20. The second kappa shape index (κ2) is 14.6. The minimum absolute atomic E-state index is 0.0118. The van der Waals surface area contributed by atoms with Crippen LogP contribution >= 0.6 is 23.2 Å². The Balaban J connectivity index is 2.06. The smallest absolute Gasteiger partial charge is 0.264 e. The first kappa shape index (κ1) is 32.2. The maximum absolute atomic E-state index is 14.1. The Labute approximate surface area is 252 Å². The van der Waals surface area contributed by atoms with Crippen molar-refractivity contribution in [1.29, 1.82) is 0 Å². The van der Waals surface area contributed by atoms with Gasteiger partial charge in [0.05, 0.1) is 22.7 Å². The number of ether oxygens (including phenoxy) is 1. The van der Waals surface area contributed by atoms with E-state index in [0.717, 1.165) is 9.87 Å². The summed E-state index contributed by atoms with van der Waals surface area (Å²) >= 11 is 12.5. The molecule has 0 fully saturated rings. The van der Waals surface area contributed by atoms with Gasteiger partial charge < -0.3 is 15.0 Å². The van der Waals surface area contributed by atoms with Crippen molar-refractivity contribution in [2.75, 3.05) is 24.5 Å². The van der Waals surface area contributed by atoms with Crippen LogP contribution in [-0.2, 0) is 26.2 Å². The monoisotopic (exact) mass is 619 g/mol. The zero-order chi connectivity index (χ0) is 30.2. The Morgan fingerprint density at radius 2 is 1.63 bits per heavy atom. The van der Waals surface area contributed by atoms with E-state index in [4.69, 9.17) is 27.9 Å². The summed E-state index contributed by atoms with van der Waals surface area (Å²) in [6.45, 7) is 5.68. The van der Waals surface area contributed by atoms with Crippen molar-refractivity contribution in [2.24, 2.45) is 5.92 Å². The number of hydrogen-bond donors (Lipinski definition) is 1. The molecule has 0 radical (unpaired) electrons. The van der Waals surface area contributed by atoms with Gasteiger partial charge in [0, 0.05) is 18.1 Å². The van der Waals surface area contributed by atoms with Gasteiger partial charge in [-0.2, -0.15) is 0 Å². The summed E-state index contributed by atoms with van der Waals surface area (Å²) in [5.41, 5.74) is 0.839. The lowest BCUT2D eigenvalue weighted by atomic mass is 10.1. The number of benzene rings is 3. The van der Waals surface area contributed by atoms with Crippen LogP contribution in [-0.4, -0.2) is 51.4 Å². The van der Waals surface area contributed by atoms with E-state index in [1.807, 2.05) is 20.8 Å². The number of anilines is 1. The van der Waals surface area contributed by atoms with Gasteiger partial charge >= 0.3 is 0 Å². The van der Waals surface area contributed by atoms with Crippen molar-refractivity contribution in [2.45, 2.75) is 44.7 Å². The number of nitrogens with one attached hydrogen (secondary N) is 1. The highest BCUT2D eigenvalue weighted by Gasteiger charge is 2.34. The van der Waals surface area contributed by atoms with Crippen molar-refractivity contribution in [3.8, 4) is 5.75 Å². The fraction of sp³-hybridized carbons (Fsp3) is 0.333. The predicted molar refractivity (Wildman–Crippen MR) is 163 cm³/mol. The number of hydrogen-bond acceptors (Lipinski definition) is 5. The van der Waals surface area contributed by atoms with Crippen LogP contribution in [0.1, 0.15) is 32.8 Å². The van der Waals surface area contributed by atoms with Crippen LogP contribution in [0.2, 0.25) is 10.0 Å². The highest BCUT2D eigenvalue weighted by Crippen LogP contribution is 2.33. The molecule has 0 heterocycles. The average molecular weight is 621 g/mol. The molecule has 0 saturated heterocycles. The van der Waals surface area contributed by atoms with E-state index in [1.54, 1.807) is 49.6 Å². The van der Waals surface area contributed by atoms with E-state index >= 15 is 0 Å². The number of carbonyl (C=O) groups is 2. The molecule has 2 amide bonds. The number of sulfonamides is 1. The summed E-state index contributed by atoms with van der Waals surface area (Å²) in [5.74, 6) is -0.0328. The Morgan fingerprint density at radius 1 is 0.976 bits per heavy atom. The molecule has 220 valence electrons. The van der Waals surface area contributed by atoms with Gasteiger partial charge in [0.2, 0.25) is 11.8 Å². The molecule has 0 aliphatic rings. The minimum Gasteiger partial charge on any atom is -0.497 e. The van der Waals surface area contributed by atoms with E-state index in [9.17, 15) is 18.0 Å². The van der Waals surface area contributed by atoms with Crippen LogP contribution in [0.3, 0.4) is 0 Å². The molecule has 3 aromatic rings. The van der Waals surface area contributed by atoms with E-state index in [-0.39, 0.29) is 34.0 Å². The maximum Gasteiger partial charge on any atom is 0.264 e. The van der Waals surface area contributed by atoms with Gasteiger partial charge in [0.1, 0.15) is 18.3 Å². The van der Waals surface area contributed by atoms with Crippen LogP contribution in [0, 0.1) is 5.92 Å². The Hall–Kier alpha value is -3.27. The van der Waals surface area contributed by atoms with Gasteiger partial charge in [-0.25, -0.2) is 8.42 Å². The normalized spacial score (nSPS) is 12.1. The van der Waals surface area contributed by atoms with Crippen LogP contribution in [0.4, 0.5) is 5.69 Å². The third-order valence-corrected chi connectivity index (χ3v) is 8.68. The maximum atomic E-state index is 14.1. The Bertz CT molecular complexity index is 1430. The molecule has 3 rings (SSSR count). The topological polar surface area (TPSA) is 96.0 Å².